The minimum absolute atomic E-state index is 0.0413. The first kappa shape index (κ1) is 20.9. The fourth-order valence-electron chi connectivity index (χ4n) is 2.59. The fraction of sp³-hybridized carbons (Fsp3) is 0.250. The van der Waals surface area contributed by atoms with E-state index in [9.17, 15) is 18.0 Å². The van der Waals surface area contributed by atoms with Crippen molar-refractivity contribution in [1.82, 2.24) is 9.97 Å². The Labute approximate surface area is 169 Å². The summed E-state index contributed by atoms with van der Waals surface area (Å²) in [6.07, 6.45) is -3.15. The quantitative estimate of drug-likeness (QED) is 0.421. The van der Waals surface area contributed by atoms with E-state index in [0.29, 0.717) is 5.69 Å². The number of hydrogen-bond acceptors (Lipinski definition) is 5. The Kier molecular flexibility index (Phi) is 6.26. The van der Waals surface area contributed by atoms with Crippen molar-refractivity contribution in [2.24, 2.45) is 0 Å². The molecular formula is C20H18F3N3O2S. The number of furan rings is 1. The third-order valence-corrected chi connectivity index (χ3v) is 4.83. The third-order valence-electron chi connectivity index (χ3n) is 3.99. The largest absolute Gasteiger partial charge is 0.463 e. The number of thioether (sulfide) groups is 1. The van der Waals surface area contributed by atoms with Crippen molar-refractivity contribution in [3.63, 3.8) is 0 Å². The highest BCUT2D eigenvalue weighted by Crippen LogP contribution is 2.32. The van der Waals surface area contributed by atoms with Crippen LogP contribution < -0.4 is 5.32 Å². The topological polar surface area (TPSA) is 68.0 Å². The van der Waals surface area contributed by atoms with Gasteiger partial charge in [0, 0.05) is 17.9 Å². The van der Waals surface area contributed by atoms with Gasteiger partial charge in [-0.15, -0.1) is 0 Å². The number of aromatic nitrogens is 2. The van der Waals surface area contributed by atoms with E-state index in [2.05, 4.69) is 15.3 Å². The molecule has 0 aliphatic carbocycles. The number of anilines is 1. The summed E-state index contributed by atoms with van der Waals surface area (Å²) in [6, 6.07) is 9.60. The van der Waals surface area contributed by atoms with Crippen molar-refractivity contribution in [3.05, 3.63) is 59.5 Å². The lowest BCUT2D eigenvalue weighted by atomic mass is 10.1. The summed E-state index contributed by atoms with van der Waals surface area (Å²) in [5.74, 6) is 0.213. The number of carbonyl (C=O) groups is 1. The molecule has 0 atom stereocenters. The molecule has 0 bridgehead atoms. The van der Waals surface area contributed by atoms with Gasteiger partial charge in [-0.05, 0) is 43.7 Å². The number of rotatable bonds is 6. The van der Waals surface area contributed by atoms with E-state index in [1.165, 1.54) is 12.3 Å². The maximum absolute atomic E-state index is 13.2. The fourth-order valence-corrected chi connectivity index (χ4v) is 3.38. The molecule has 0 aliphatic heterocycles. The van der Waals surface area contributed by atoms with E-state index in [-0.39, 0.29) is 34.7 Å². The van der Waals surface area contributed by atoms with Gasteiger partial charge in [0.25, 0.3) is 0 Å². The number of aryl methyl sites for hydroxylation is 2. The van der Waals surface area contributed by atoms with E-state index in [1.807, 2.05) is 32.0 Å². The minimum atomic E-state index is -4.61. The van der Waals surface area contributed by atoms with Crippen LogP contribution in [0.4, 0.5) is 18.9 Å². The van der Waals surface area contributed by atoms with Crippen molar-refractivity contribution < 1.29 is 22.4 Å². The zero-order chi connectivity index (χ0) is 21.0. The molecule has 0 fully saturated rings. The van der Waals surface area contributed by atoms with Gasteiger partial charge in [-0.1, -0.05) is 29.5 Å². The molecule has 152 valence electrons. The summed E-state index contributed by atoms with van der Waals surface area (Å²) < 4.78 is 44.6. The summed E-state index contributed by atoms with van der Waals surface area (Å²) in [5.41, 5.74) is 1.72. The highest BCUT2D eigenvalue weighted by molar-refractivity contribution is 7.99. The lowest BCUT2D eigenvalue weighted by Crippen LogP contribution is -2.13. The molecule has 0 unspecified atom stereocenters. The Morgan fingerprint density at radius 2 is 1.97 bits per heavy atom. The first-order valence-electron chi connectivity index (χ1n) is 8.72. The van der Waals surface area contributed by atoms with Gasteiger partial charge in [0.2, 0.25) is 5.91 Å². The van der Waals surface area contributed by atoms with Gasteiger partial charge in [-0.3, -0.25) is 4.79 Å². The molecule has 0 saturated heterocycles. The highest BCUT2D eigenvalue weighted by atomic mass is 32.2. The minimum Gasteiger partial charge on any atom is -0.463 e. The SMILES string of the molecule is Cc1ccc(NC(=O)CCSc2nc(-c3ccco3)cc(C(F)(F)F)n2)c(C)c1. The summed E-state index contributed by atoms with van der Waals surface area (Å²) in [4.78, 5) is 19.9. The smallest absolute Gasteiger partial charge is 0.433 e. The maximum Gasteiger partial charge on any atom is 0.433 e. The van der Waals surface area contributed by atoms with Gasteiger partial charge in [0.15, 0.2) is 10.9 Å². The molecule has 9 heteroatoms. The Morgan fingerprint density at radius 3 is 2.62 bits per heavy atom. The zero-order valence-electron chi connectivity index (χ0n) is 15.7. The second kappa shape index (κ2) is 8.69. The van der Waals surface area contributed by atoms with E-state index < -0.39 is 11.9 Å². The van der Waals surface area contributed by atoms with Crippen molar-refractivity contribution in [1.29, 1.82) is 0 Å². The molecular weight excluding hydrogens is 403 g/mol. The van der Waals surface area contributed by atoms with Crippen LogP contribution in [0, 0.1) is 13.8 Å². The molecule has 0 saturated carbocycles. The standard InChI is InChI=1S/C20H18F3N3O2S/c1-12-5-6-14(13(2)10-12)24-18(27)7-9-29-19-25-15(16-4-3-8-28-16)11-17(26-19)20(21,22)23/h3-6,8,10-11H,7,9H2,1-2H3,(H,24,27). The molecule has 2 aromatic heterocycles. The van der Waals surface area contributed by atoms with Crippen molar-refractivity contribution in [3.8, 4) is 11.5 Å². The number of nitrogens with zero attached hydrogens (tertiary/aromatic N) is 2. The van der Waals surface area contributed by atoms with Gasteiger partial charge >= 0.3 is 6.18 Å². The third kappa shape index (κ3) is 5.60. The summed E-state index contributed by atoms with van der Waals surface area (Å²) >= 11 is 0.983. The number of nitrogens with one attached hydrogen (secondary N) is 1. The molecule has 1 aromatic carbocycles. The van der Waals surface area contributed by atoms with Crippen LogP contribution in [0.3, 0.4) is 0 Å². The van der Waals surface area contributed by atoms with Crippen LogP contribution in [0.2, 0.25) is 0 Å². The zero-order valence-corrected chi connectivity index (χ0v) is 16.5. The van der Waals surface area contributed by atoms with Crippen LogP contribution in [0.5, 0.6) is 0 Å². The molecule has 29 heavy (non-hydrogen) atoms. The van der Waals surface area contributed by atoms with Crippen LogP contribution in [-0.4, -0.2) is 21.6 Å². The molecule has 5 nitrogen and oxygen atoms in total. The Hall–Kier alpha value is -2.81. The molecule has 0 spiro atoms. The van der Waals surface area contributed by atoms with E-state index >= 15 is 0 Å². The number of halogens is 3. The predicted octanol–water partition coefficient (Wildman–Crippen LogP) is 5.49. The van der Waals surface area contributed by atoms with E-state index in [1.54, 1.807) is 6.07 Å². The number of alkyl halides is 3. The van der Waals surface area contributed by atoms with Gasteiger partial charge in [0.05, 0.1) is 6.26 Å². The first-order chi connectivity index (χ1) is 13.7. The molecule has 1 amide bonds. The average molecular weight is 421 g/mol. The Balaban J connectivity index is 1.66. The number of benzene rings is 1. The van der Waals surface area contributed by atoms with Crippen LogP contribution in [0.1, 0.15) is 23.2 Å². The average Bonchev–Trinajstić information content (AvgIpc) is 3.18. The molecule has 0 aliphatic rings. The van der Waals surface area contributed by atoms with Crippen LogP contribution in [0.25, 0.3) is 11.5 Å². The Bertz CT molecular complexity index is 1000. The molecule has 2 heterocycles. The van der Waals surface area contributed by atoms with Crippen LogP contribution in [-0.2, 0) is 11.0 Å². The van der Waals surface area contributed by atoms with Gasteiger partial charge in [-0.2, -0.15) is 13.2 Å². The van der Waals surface area contributed by atoms with Crippen LogP contribution >= 0.6 is 11.8 Å². The lowest BCUT2D eigenvalue weighted by molar-refractivity contribution is -0.141. The number of carbonyl (C=O) groups excluding carboxylic acids is 1. The summed E-state index contributed by atoms with van der Waals surface area (Å²) in [5, 5.41) is 2.74. The highest BCUT2D eigenvalue weighted by Gasteiger charge is 2.34. The number of amides is 1. The van der Waals surface area contributed by atoms with Gasteiger partial charge in [-0.25, -0.2) is 9.97 Å². The van der Waals surface area contributed by atoms with E-state index in [0.717, 1.165) is 29.0 Å². The lowest BCUT2D eigenvalue weighted by Gasteiger charge is -2.10. The molecule has 1 N–H and O–H groups in total. The van der Waals surface area contributed by atoms with Crippen molar-refractivity contribution in [2.45, 2.75) is 31.6 Å². The van der Waals surface area contributed by atoms with Crippen molar-refractivity contribution in [2.75, 3.05) is 11.1 Å². The molecule has 3 aromatic rings. The van der Waals surface area contributed by atoms with Gasteiger partial charge in [0.1, 0.15) is 11.4 Å². The monoisotopic (exact) mass is 421 g/mol. The molecule has 0 radical (unpaired) electrons. The van der Waals surface area contributed by atoms with E-state index in [4.69, 9.17) is 4.42 Å². The van der Waals surface area contributed by atoms with Crippen LogP contribution in [0.15, 0.2) is 52.2 Å². The van der Waals surface area contributed by atoms with Crippen molar-refractivity contribution >= 4 is 23.4 Å². The summed E-state index contributed by atoms with van der Waals surface area (Å²) in [6.45, 7) is 3.85. The van der Waals surface area contributed by atoms with Gasteiger partial charge < -0.3 is 9.73 Å². The molecule has 3 rings (SSSR count). The number of hydrogen-bond donors (Lipinski definition) is 1. The normalized spacial score (nSPS) is 11.5. The Morgan fingerprint density at radius 1 is 1.17 bits per heavy atom. The maximum atomic E-state index is 13.2. The summed E-state index contributed by atoms with van der Waals surface area (Å²) in [7, 11) is 0. The second-order valence-electron chi connectivity index (χ2n) is 6.36. The second-order valence-corrected chi connectivity index (χ2v) is 7.42. The first-order valence-corrected chi connectivity index (χ1v) is 9.71. The predicted molar refractivity (Wildman–Crippen MR) is 105 cm³/mol.